The van der Waals surface area contributed by atoms with Crippen LogP contribution in [0, 0.1) is 6.92 Å². The number of sulfonamides is 1. The average molecular weight is 350 g/mol. The molecule has 1 aromatic rings. The molecule has 0 bridgehead atoms. The van der Waals surface area contributed by atoms with Gasteiger partial charge in [-0.15, -0.1) is 0 Å². The molecule has 0 spiro atoms. The van der Waals surface area contributed by atoms with Crippen LogP contribution < -0.4 is 4.72 Å². The van der Waals surface area contributed by atoms with Gasteiger partial charge in [-0.05, 0) is 43.5 Å². The standard InChI is InChI=1S/C12H16BrNO4S/c1-9-8-10(5-6-11(9)13)19(17,18)14-7-3-2-4-12(15)16/h5-6,8,14H,2-4,7H2,1H3,(H,15,16). The Morgan fingerprint density at radius 1 is 1.37 bits per heavy atom. The minimum Gasteiger partial charge on any atom is -0.481 e. The predicted octanol–water partition coefficient (Wildman–Crippen LogP) is 2.29. The van der Waals surface area contributed by atoms with Crippen LogP contribution in [-0.2, 0) is 14.8 Å². The first kappa shape index (κ1) is 16.1. The van der Waals surface area contributed by atoms with E-state index in [0.717, 1.165) is 10.0 Å². The van der Waals surface area contributed by atoms with Crippen molar-refractivity contribution in [2.45, 2.75) is 31.1 Å². The maximum absolute atomic E-state index is 11.9. The van der Waals surface area contributed by atoms with Crippen molar-refractivity contribution in [1.82, 2.24) is 4.72 Å². The number of carboxylic acid groups (broad SMARTS) is 1. The van der Waals surface area contributed by atoms with Crippen molar-refractivity contribution in [2.24, 2.45) is 0 Å². The van der Waals surface area contributed by atoms with E-state index in [0.29, 0.717) is 12.8 Å². The number of halogens is 1. The number of hydrogen-bond donors (Lipinski definition) is 2. The molecule has 0 saturated heterocycles. The molecule has 0 aliphatic rings. The quantitative estimate of drug-likeness (QED) is 0.739. The van der Waals surface area contributed by atoms with Crippen LogP contribution in [0.25, 0.3) is 0 Å². The number of hydrogen-bond acceptors (Lipinski definition) is 3. The Kier molecular flexibility index (Phi) is 5.96. The van der Waals surface area contributed by atoms with E-state index in [2.05, 4.69) is 20.7 Å². The zero-order valence-electron chi connectivity index (χ0n) is 10.5. The van der Waals surface area contributed by atoms with Crippen molar-refractivity contribution in [1.29, 1.82) is 0 Å². The van der Waals surface area contributed by atoms with E-state index in [1.807, 2.05) is 6.92 Å². The van der Waals surface area contributed by atoms with Gasteiger partial charge in [0.05, 0.1) is 4.90 Å². The lowest BCUT2D eigenvalue weighted by Gasteiger charge is -2.07. The van der Waals surface area contributed by atoms with Gasteiger partial charge in [-0.1, -0.05) is 15.9 Å². The van der Waals surface area contributed by atoms with Crippen LogP contribution in [0.1, 0.15) is 24.8 Å². The summed E-state index contributed by atoms with van der Waals surface area (Å²) in [6, 6.07) is 4.80. The lowest BCUT2D eigenvalue weighted by molar-refractivity contribution is -0.137. The fourth-order valence-corrected chi connectivity index (χ4v) is 2.88. The topological polar surface area (TPSA) is 83.5 Å². The van der Waals surface area contributed by atoms with E-state index in [1.54, 1.807) is 12.1 Å². The molecule has 106 valence electrons. The number of carboxylic acids is 1. The molecular weight excluding hydrogens is 334 g/mol. The highest BCUT2D eigenvalue weighted by atomic mass is 79.9. The van der Waals surface area contributed by atoms with Crippen molar-refractivity contribution >= 4 is 31.9 Å². The maximum Gasteiger partial charge on any atom is 0.303 e. The molecule has 0 heterocycles. The molecule has 0 aromatic heterocycles. The van der Waals surface area contributed by atoms with E-state index >= 15 is 0 Å². The molecule has 0 aliphatic carbocycles. The van der Waals surface area contributed by atoms with Crippen molar-refractivity contribution < 1.29 is 18.3 Å². The lowest BCUT2D eigenvalue weighted by atomic mass is 10.2. The van der Waals surface area contributed by atoms with Crippen LogP contribution >= 0.6 is 15.9 Å². The second-order valence-electron chi connectivity index (χ2n) is 4.16. The zero-order chi connectivity index (χ0) is 14.5. The van der Waals surface area contributed by atoms with Gasteiger partial charge < -0.3 is 5.11 Å². The van der Waals surface area contributed by atoms with E-state index in [4.69, 9.17) is 5.11 Å². The van der Waals surface area contributed by atoms with Crippen LogP contribution in [0.4, 0.5) is 0 Å². The number of unbranched alkanes of at least 4 members (excludes halogenated alkanes) is 1. The molecule has 5 nitrogen and oxygen atoms in total. The average Bonchev–Trinajstić information content (AvgIpc) is 2.31. The molecule has 0 saturated carbocycles. The van der Waals surface area contributed by atoms with Crippen molar-refractivity contribution in [3.8, 4) is 0 Å². The summed E-state index contributed by atoms with van der Waals surface area (Å²) in [6.45, 7) is 2.06. The molecule has 0 radical (unpaired) electrons. The summed E-state index contributed by atoms with van der Waals surface area (Å²) in [5.41, 5.74) is 0.841. The van der Waals surface area contributed by atoms with Gasteiger partial charge in [0, 0.05) is 17.4 Å². The summed E-state index contributed by atoms with van der Waals surface area (Å²) in [5, 5.41) is 8.46. The van der Waals surface area contributed by atoms with Crippen LogP contribution in [-0.4, -0.2) is 26.0 Å². The summed E-state index contributed by atoms with van der Waals surface area (Å²) in [6.07, 6.45) is 1.01. The van der Waals surface area contributed by atoms with Gasteiger partial charge in [0.1, 0.15) is 0 Å². The van der Waals surface area contributed by atoms with Gasteiger partial charge in [-0.2, -0.15) is 0 Å². The molecule has 1 aromatic carbocycles. The SMILES string of the molecule is Cc1cc(S(=O)(=O)NCCCCC(=O)O)ccc1Br. The fraction of sp³-hybridized carbons (Fsp3) is 0.417. The maximum atomic E-state index is 11.9. The predicted molar refractivity (Wildman–Crippen MR) is 75.6 cm³/mol. The number of aryl methyl sites for hydroxylation is 1. The van der Waals surface area contributed by atoms with E-state index in [9.17, 15) is 13.2 Å². The molecule has 7 heteroatoms. The number of nitrogens with one attached hydrogen (secondary N) is 1. The largest absolute Gasteiger partial charge is 0.481 e. The van der Waals surface area contributed by atoms with E-state index in [-0.39, 0.29) is 17.9 Å². The Balaban J connectivity index is 2.56. The number of rotatable bonds is 7. The molecule has 0 aliphatic heterocycles. The van der Waals surface area contributed by atoms with Crippen molar-refractivity contribution in [2.75, 3.05) is 6.54 Å². The van der Waals surface area contributed by atoms with Gasteiger partial charge in [-0.3, -0.25) is 4.79 Å². The molecule has 0 amide bonds. The van der Waals surface area contributed by atoms with Gasteiger partial charge in [0.25, 0.3) is 0 Å². The first-order chi connectivity index (χ1) is 8.83. The third-order valence-corrected chi connectivity index (χ3v) is 4.90. The fourth-order valence-electron chi connectivity index (χ4n) is 1.48. The van der Waals surface area contributed by atoms with Gasteiger partial charge >= 0.3 is 5.97 Å². The Bertz CT molecular complexity index is 557. The Hall–Kier alpha value is -0.920. The lowest BCUT2D eigenvalue weighted by Crippen LogP contribution is -2.25. The van der Waals surface area contributed by atoms with Crippen LogP contribution in [0.5, 0.6) is 0 Å². The van der Waals surface area contributed by atoms with Crippen molar-refractivity contribution in [3.63, 3.8) is 0 Å². The second-order valence-corrected chi connectivity index (χ2v) is 6.78. The van der Waals surface area contributed by atoms with Crippen LogP contribution in [0.3, 0.4) is 0 Å². The normalized spacial score (nSPS) is 11.5. The van der Waals surface area contributed by atoms with Crippen molar-refractivity contribution in [3.05, 3.63) is 28.2 Å². The Morgan fingerprint density at radius 2 is 2.05 bits per heavy atom. The van der Waals surface area contributed by atoms with Crippen LogP contribution in [0.15, 0.2) is 27.6 Å². The smallest absolute Gasteiger partial charge is 0.303 e. The van der Waals surface area contributed by atoms with E-state index < -0.39 is 16.0 Å². The minimum absolute atomic E-state index is 0.0547. The summed E-state index contributed by atoms with van der Waals surface area (Å²) in [7, 11) is -3.52. The van der Waals surface area contributed by atoms with Gasteiger partial charge in [0.2, 0.25) is 10.0 Å². The first-order valence-electron chi connectivity index (χ1n) is 5.80. The highest BCUT2D eigenvalue weighted by Crippen LogP contribution is 2.19. The number of aliphatic carboxylic acids is 1. The third kappa shape index (κ3) is 5.30. The second kappa shape index (κ2) is 7.02. The van der Waals surface area contributed by atoms with Gasteiger partial charge in [0.15, 0.2) is 0 Å². The highest BCUT2D eigenvalue weighted by molar-refractivity contribution is 9.10. The first-order valence-corrected chi connectivity index (χ1v) is 8.08. The van der Waals surface area contributed by atoms with Gasteiger partial charge in [-0.25, -0.2) is 13.1 Å². The molecule has 19 heavy (non-hydrogen) atoms. The Labute approximate surface area is 121 Å². The van der Waals surface area contributed by atoms with E-state index in [1.165, 1.54) is 6.07 Å². The third-order valence-electron chi connectivity index (χ3n) is 2.55. The number of benzene rings is 1. The van der Waals surface area contributed by atoms with Crippen LogP contribution in [0.2, 0.25) is 0 Å². The summed E-state index contributed by atoms with van der Waals surface area (Å²) >= 11 is 3.31. The number of carbonyl (C=O) groups is 1. The monoisotopic (exact) mass is 349 g/mol. The highest BCUT2D eigenvalue weighted by Gasteiger charge is 2.14. The molecule has 0 atom stereocenters. The minimum atomic E-state index is -3.52. The zero-order valence-corrected chi connectivity index (χ0v) is 12.9. The summed E-state index contributed by atoms with van der Waals surface area (Å²) in [5.74, 6) is -0.869. The Morgan fingerprint density at radius 3 is 2.63 bits per heavy atom. The molecule has 1 rings (SSSR count). The summed E-state index contributed by atoms with van der Waals surface area (Å²) in [4.78, 5) is 10.5. The molecule has 2 N–H and O–H groups in total. The summed E-state index contributed by atoms with van der Waals surface area (Å²) < 4.78 is 27.2. The molecular formula is C12H16BrNO4S. The molecule has 0 fully saturated rings. The molecule has 0 unspecified atom stereocenters.